The molecule has 0 aliphatic carbocycles. The van der Waals surface area contributed by atoms with Gasteiger partial charge in [0.2, 0.25) is 0 Å². The number of aryl methyl sites for hydroxylation is 1. The third-order valence-corrected chi connectivity index (χ3v) is 4.30. The zero-order chi connectivity index (χ0) is 12.6. The maximum absolute atomic E-state index is 12.0. The summed E-state index contributed by atoms with van der Waals surface area (Å²) >= 11 is 5.02. The molecule has 5 heteroatoms. The molecule has 2 aromatic rings. The van der Waals surface area contributed by atoms with Crippen molar-refractivity contribution in [2.45, 2.75) is 26.7 Å². The van der Waals surface area contributed by atoms with Crippen LogP contribution in [0.15, 0.2) is 20.0 Å². The topological polar surface area (TPSA) is 45.8 Å². The fourth-order valence-electron chi connectivity index (χ4n) is 1.85. The van der Waals surface area contributed by atoms with Crippen molar-refractivity contribution in [3.8, 4) is 11.4 Å². The molecule has 2 rings (SSSR count). The van der Waals surface area contributed by atoms with Gasteiger partial charge in [0, 0.05) is 32.1 Å². The lowest BCUT2D eigenvalue weighted by Gasteiger charge is -2.09. The Kier molecular flexibility index (Phi) is 3.49. The van der Waals surface area contributed by atoms with Gasteiger partial charge in [-0.25, -0.2) is 4.98 Å². The molecule has 0 bridgehead atoms. The standard InChI is InChI=1S/C12H13BrN2OS/c1-6(2)10-7(3)14-11(15-12(10)16)8-4-17-5-9(8)13/h4-6H,1-3H3,(H,14,15,16). The van der Waals surface area contributed by atoms with Crippen LogP contribution in [0.5, 0.6) is 0 Å². The predicted octanol–water partition coefficient (Wildman–Crippen LogP) is 3.69. The Morgan fingerprint density at radius 3 is 2.59 bits per heavy atom. The highest BCUT2D eigenvalue weighted by molar-refractivity contribution is 9.10. The fraction of sp³-hybridized carbons (Fsp3) is 0.333. The molecule has 0 aliphatic heterocycles. The lowest BCUT2D eigenvalue weighted by molar-refractivity contribution is 0.815. The van der Waals surface area contributed by atoms with E-state index in [2.05, 4.69) is 25.9 Å². The predicted molar refractivity (Wildman–Crippen MR) is 74.7 cm³/mol. The van der Waals surface area contributed by atoms with E-state index in [1.807, 2.05) is 31.5 Å². The van der Waals surface area contributed by atoms with Gasteiger partial charge in [-0.1, -0.05) is 13.8 Å². The van der Waals surface area contributed by atoms with Crippen LogP contribution in [0, 0.1) is 6.92 Å². The third kappa shape index (κ3) is 2.35. The van der Waals surface area contributed by atoms with Gasteiger partial charge in [0.15, 0.2) is 0 Å². The minimum absolute atomic E-state index is 0.0411. The number of aromatic amines is 1. The summed E-state index contributed by atoms with van der Waals surface area (Å²) in [4.78, 5) is 19.3. The summed E-state index contributed by atoms with van der Waals surface area (Å²) in [5, 5.41) is 3.94. The summed E-state index contributed by atoms with van der Waals surface area (Å²) in [7, 11) is 0. The van der Waals surface area contributed by atoms with Crippen molar-refractivity contribution >= 4 is 27.3 Å². The van der Waals surface area contributed by atoms with Gasteiger partial charge in [-0.05, 0) is 28.8 Å². The van der Waals surface area contributed by atoms with E-state index in [4.69, 9.17) is 0 Å². The quantitative estimate of drug-likeness (QED) is 0.919. The molecule has 0 aliphatic rings. The molecule has 1 N–H and O–H groups in total. The average Bonchev–Trinajstić information content (AvgIpc) is 2.62. The van der Waals surface area contributed by atoms with Crippen LogP contribution in [0.3, 0.4) is 0 Å². The summed E-state index contributed by atoms with van der Waals surface area (Å²) in [5.41, 5.74) is 2.46. The maximum atomic E-state index is 12.0. The van der Waals surface area contributed by atoms with E-state index in [-0.39, 0.29) is 11.5 Å². The summed E-state index contributed by atoms with van der Waals surface area (Å²) in [6.07, 6.45) is 0. The average molecular weight is 313 g/mol. The Morgan fingerprint density at radius 2 is 2.12 bits per heavy atom. The van der Waals surface area contributed by atoms with Gasteiger partial charge in [-0.15, -0.1) is 0 Å². The summed E-state index contributed by atoms with van der Waals surface area (Å²) in [6, 6.07) is 0. The van der Waals surface area contributed by atoms with E-state index in [9.17, 15) is 4.79 Å². The minimum Gasteiger partial charge on any atom is -0.306 e. The van der Waals surface area contributed by atoms with Crippen LogP contribution in [0.1, 0.15) is 31.0 Å². The van der Waals surface area contributed by atoms with Crippen molar-refractivity contribution in [1.82, 2.24) is 9.97 Å². The van der Waals surface area contributed by atoms with Crippen molar-refractivity contribution in [2.24, 2.45) is 0 Å². The number of nitrogens with one attached hydrogen (secondary N) is 1. The molecule has 2 heterocycles. The van der Waals surface area contributed by atoms with Crippen LogP contribution in [-0.4, -0.2) is 9.97 Å². The van der Waals surface area contributed by atoms with Gasteiger partial charge in [0.25, 0.3) is 5.56 Å². The Bertz CT molecular complexity index is 601. The lowest BCUT2D eigenvalue weighted by atomic mass is 10.0. The van der Waals surface area contributed by atoms with Crippen molar-refractivity contribution in [1.29, 1.82) is 0 Å². The molecule has 2 aromatic heterocycles. The normalized spacial score (nSPS) is 11.1. The van der Waals surface area contributed by atoms with E-state index in [0.29, 0.717) is 5.82 Å². The second kappa shape index (κ2) is 4.74. The second-order valence-corrected chi connectivity index (χ2v) is 5.80. The molecule has 0 radical (unpaired) electrons. The smallest absolute Gasteiger partial charge is 0.254 e. The van der Waals surface area contributed by atoms with E-state index < -0.39 is 0 Å². The number of aromatic nitrogens is 2. The van der Waals surface area contributed by atoms with Crippen molar-refractivity contribution in [3.63, 3.8) is 0 Å². The Morgan fingerprint density at radius 1 is 1.41 bits per heavy atom. The van der Waals surface area contributed by atoms with E-state index in [0.717, 1.165) is 21.3 Å². The van der Waals surface area contributed by atoms with Crippen LogP contribution in [0.25, 0.3) is 11.4 Å². The summed E-state index contributed by atoms with van der Waals surface area (Å²) in [5.74, 6) is 0.816. The monoisotopic (exact) mass is 312 g/mol. The molecule has 3 nitrogen and oxygen atoms in total. The highest BCUT2D eigenvalue weighted by Crippen LogP contribution is 2.29. The van der Waals surface area contributed by atoms with Crippen LogP contribution in [0.2, 0.25) is 0 Å². The molecule has 0 atom stereocenters. The SMILES string of the molecule is Cc1nc(-c2cscc2Br)[nH]c(=O)c1C(C)C. The first-order valence-corrected chi connectivity index (χ1v) is 7.07. The zero-order valence-electron chi connectivity index (χ0n) is 9.87. The molecular weight excluding hydrogens is 300 g/mol. The zero-order valence-corrected chi connectivity index (χ0v) is 12.3. The van der Waals surface area contributed by atoms with E-state index >= 15 is 0 Å². The molecule has 0 spiro atoms. The fourth-order valence-corrected chi connectivity index (χ4v) is 3.32. The first-order valence-electron chi connectivity index (χ1n) is 5.33. The number of hydrogen-bond acceptors (Lipinski definition) is 3. The maximum Gasteiger partial charge on any atom is 0.254 e. The number of thiophene rings is 1. The summed E-state index contributed by atoms with van der Waals surface area (Å²) in [6.45, 7) is 5.88. The Hall–Kier alpha value is -0.940. The summed E-state index contributed by atoms with van der Waals surface area (Å²) < 4.78 is 0.961. The number of halogens is 1. The second-order valence-electron chi connectivity index (χ2n) is 4.20. The first-order chi connectivity index (χ1) is 8.00. The molecular formula is C12H13BrN2OS. The lowest BCUT2D eigenvalue weighted by Crippen LogP contribution is -2.18. The van der Waals surface area contributed by atoms with Crippen LogP contribution in [-0.2, 0) is 0 Å². The third-order valence-electron chi connectivity index (χ3n) is 2.59. The van der Waals surface area contributed by atoms with E-state index in [1.54, 1.807) is 11.3 Å². The Balaban J connectivity index is 2.61. The molecule has 0 saturated carbocycles. The van der Waals surface area contributed by atoms with Gasteiger partial charge in [-0.2, -0.15) is 11.3 Å². The van der Waals surface area contributed by atoms with Crippen LogP contribution >= 0.6 is 27.3 Å². The molecule has 90 valence electrons. The molecule has 0 aromatic carbocycles. The molecule has 0 unspecified atom stereocenters. The first kappa shape index (κ1) is 12.5. The minimum atomic E-state index is -0.0411. The number of nitrogens with zero attached hydrogens (tertiary/aromatic N) is 1. The largest absolute Gasteiger partial charge is 0.306 e. The Labute approximate surface area is 112 Å². The van der Waals surface area contributed by atoms with Crippen LogP contribution in [0.4, 0.5) is 0 Å². The highest BCUT2D eigenvalue weighted by atomic mass is 79.9. The van der Waals surface area contributed by atoms with Gasteiger partial charge >= 0.3 is 0 Å². The number of rotatable bonds is 2. The van der Waals surface area contributed by atoms with Gasteiger partial charge in [0.05, 0.1) is 0 Å². The van der Waals surface area contributed by atoms with Gasteiger partial charge in [0.1, 0.15) is 5.82 Å². The number of hydrogen-bond donors (Lipinski definition) is 1. The highest BCUT2D eigenvalue weighted by Gasteiger charge is 2.14. The van der Waals surface area contributed by atoms with Gasteiger partial charge in [-0.3, -0.25) is 4.79 Å². The molecule has 0 fully saturated rings. The van der Waals surface area contributed by atoms with Crippen molar-refractivity contribution in [3.05, 3.63) is 36.8 Å². The number of H-pyrrole nitrogens is 1. The van der Waals surface area contributed by atoms with Crippen molar-refractivity contribution < 1.29 is 0 Å². The molecule has 17 heavy (non-hydrogen) atoms. The van der Waals surface area contributed by atoms with Crippen LogP contribution < -0.4 is 5.56 Å². The van der Waals surface area contributed by atoms with Gasteiger partial charge < -0.3 is 4.98 Å². The molecule has 0 saturated heterocycles. The van der Waals surface area contributed by atoms with Crippen molar-refractivity contribution in [2.75, 3.05) is 0 Å². The van der Waals surface area contributed by atoms with E-state index in [1.165, 1.54) is 0 Å². The molecule has 0 amide bonds.